The highest BCUT2D eigenvalue weighted by atomic mass is 32.1. The summed E-state index contributed by atoms with van der Waals surface area (Å²) in [5.41, 5.74) is 12.9. The molecule has 0 aliphatic carbocycles. The van der Waals surface area contributed by atoms with Crippen molar-refractivity contribution in [2.45, 2.75) is 0 Å². The van der Waals surface area contributed by atoms with Crippen LogP contribution in [0.15, 0.2) is 235 Å². The van der Waals surface area contributed by atoms with E-state index in [1.54, 1.807) is 0 Å². The van der Waals surface area contributed by atoms with E-state index in [-0.39, 0.29) is 0 Å². The van der Waals surface area contributed by atoms with E-state index in [1.165, 1.54) is 69.1 Å². The Kier molecular flexibility index (Phi) is 8.15. The van der Waals surface area contributed by atoms with Gasteiger partial charge in [0.25, 0.3) is 0 Å². The fourth-order valence-electron chi connectivity index (χ4n) is 10.6. The van der Waals surface area contributed by atoms with Gasteiger partial charge in [0.2, 0.25) is 0 Å². The molecule has 3 aromatic heterocycles. The van der Waals surface area contributed by atoms with Crippen LogP contribution in [0.4, 0.5) is 17.1 Å². The number of rotatable bonds is 6. The third-order valence-electron chi connectivity index (χ3n) is 13.5. The summed E-state index contributed by atoms with van der Waals surface area (Å²) in [6.45, 7) is 0. The van der Waals surface area contributed by atoms with Crippen molar-refractivity contribution in [1.82, 2.24) is 4.57 Å². The first-order chi connectivity index (χ1) is 32.7. The first-order valence-electron chi connectivity index (χ1n) is 22.5. The molecule has 14 rings (SSSR count). The fraction of sp³-hybridized carbons (Fsp3) is 0. The molecule has 0 spiro atoms. The second-order valence-corrected chi connectivity index (χ2v) is 18.3. The minimum absolute atomic E-state index is 0.855. The Bertz CT molecular complexity index is 4210. The molecule has 3 nitrogen and oxygen atoms in total. The lowest BCUT2D eigenvalue weighted by Crippen LogP contribution is -2.11. The molecule has 0 unspecified atom stereocenters. The van der Waals surface area contributed by atoms with Gasteiger partial charge in [-0.25, -0.2) is 0 Å². The summed E-state index contributed by atoms with van der Waals surface area (Å²) in [6.07, 6.45) is 0. The highest BCUT2D eigenvalue weighted by Crippen LogP contribution is 2.49. The van der Waals surface area contributed by atoms with Crippen LogP contribution in [0.25, 0.3) is 113 Å². The number of hydrogen-bond acceptors (Lipinski definition) is 3. The summed E-state index contributed by atoms with van der Waals surface area (Å²) in [7, 11) is 0. The number of aromatic nitrogens is 1. The Hall–Kier alpha value is -8.44. The molecule has 0 radical (unpaired) electrons. The van der Waals surface area contributed by atoms with Gasteiger partial charge in [0.1, 0.15) is 11.2 Å². The third kappa shape index (κ3) is 5.62. The highest BCUT2D eigenvalue weighted by molar-refractivity contribution is 7.25. The number of anilines is 3. The van der Waals surface area contributed by atoms with Crippen molar-refractivity contribution in [3.63, 3.8) is 0 Å². The van der Waals surface area contributed by atoms with Gasteiger partial charge in [-0.1, -0.05) is 152 Å². The zero-order chi connectivity index (χ0) is 43.3. The van der Waals surface area contributed by atoms with Crippen LogP contribution < -0.4 is 4.90 Å². The maximum atomic E-state index is 7.06. The van der Waals surface area contributed by atoms with Crippen molar-refractivity contribution in [3.8, 4) is 27.9 Å². The number of thiophene rings is 1. The number of nitrogens with zero attached hydrogens (tertiary/aromatic N) is 2. The van der Waals surface area contributed by atoms with Crippen LogP contribution in [0.1, 0.15) is 0 Å². The Balaban J connectivity index is 1.02. The molecule has 0 amide bonds. The Morgan fingerprint density at radius 2 is 1.02 bits per heavy atom. The largest absolute Gasteiger partial charge is 0.455 e. The van der Waals surface area contributed by atoms with Crippen molar-refractivity contribution in [1.29, 1.82) is 0 Å². The number of furan rings is 1. The van der Waals surface area contributed by atoms with Crippen molar-refractivity contribution in [3.05, 3.63) is 231 Å². The third-order valence-corrected chi connectivity index (χ3v) is 14.7. The lowest BCUT2D eigenvalue weighted by atomic mass is 9.96. The van der Waals surface area contributed by atoms with E-state index in [0.717, 1.165) is 61.4 Å². The van der Waals surface area contributed by atoms with Gasteiger partial charge < -0.3 is 13.9 Å². The molecule has 0 saturated heterocycles. The lowest BCUT2D eigenvalue weighted by Gasteiger charge is -2.29. The normalized spacial score (nSPS) is 11.9. The first-order valence-corrected chi connectivity index (χ1v) is 23.3. The number of para-hydroxylation sites is 3. The average molecular weight is 859 g/mol. The Morgan fingerprint density at radius 3 is 1.85 bits per heavy atom. The molecule has 66 heavy (non-hydrogen) atoms. The molecule has 0 aliphatic rings. The van der Waals surface area contributed by atoms with E-state index in [9.17, 15) is 0 Å². The van der Waals surface area contributed by atoms with Gasteiger partial charge in [-0.05, 0) is 112 Å². The maximum absolute atomic E-state index is 7.06. The molecule has 308 valence electrons. The van der Waals surface area contributed by atoms with Crippen LogP contribution in [0.5, 0.6) is 0 Å². The molecule has 0 bridgehead atoms. The molecule has 0 atom stereocenters. The van der Waals surface area contributed by atoms with Crippen molar-refractivity contribution >= 4 is 114 Å². The molecular weight excluding hydrogens is 821 g/mol. The quantitative estimate of drug-likeness (QED) is 0.155. The van der Waals surface area contributed by atoms with Gasteiger partial charge in [-0.3, -0.25) is 0 Å². The summed E-state index contributed by atoms with van der Waals surface area (Å²) < 4.78 is 12.1. The molecule has 0 aliphatic heterocycles. The molecule has 4 heteroatoms. The van der Waals surface area contributed by atoms with Gasteiger partial charge in [-0.2, -0.15) is 0 Å². The van der Waals surface area contributed by atoms with Gasteiger partial charge >= 0.3 is 0 Å². The lowest BCUT2D eigenvalue weighted by molar-refractivity contribution is 0.670. The SMILES string of the molecule is c1cc(-c2ccc3sc4ccccc4c3c2)cc(N(c2cc3ccccc3c3ccccc23)c2ccc(-c3cccc(-n4c5ccccc5c5ccccc54)c3)c3oc4ccccc4c23)c1. The average Bonchev–Trinajstić information content (AvgIpc) is 4.07. The van der Waals surface area contributed by atoms with Crippen LogP contribution in [0, 0.1) is 0 Å². The predicted octanol–water partition coefficient (Wildman–Crippen LogP) is 18.2. The second-order valence-electron chi connectivity index (χ2n) is 17.2. The summed E-state index contributed by atoms with van der Waals surface area (Å²) in [5, 5.41) is 12.0. The fourth-order valence-corrected chi connectivity index (χ4v) is 11.7. The molecule has 0 fully saturated rings. The molecule has 11 aromatic carbocycles. The van der Waals surface area contributed by atoms with Gasteiger partial charge in [0, 0.05) is 58.7 Å². The van der Waals surface area contributed by atoms with Crippen LogP contribution in [-0.4, -0.2) is 4.57 Å². The van der Waals surface area contributed by atoms with E-state index in [1.807, 2.05) is 11.3 Å². The first kappa shape index (κ1) is 37.0. The minimum Gasteiger partial charge on any atom is -0.455 e. The van der Waals surface area contributed by atoms with Gasteiger partial charge in [-0.15, -0.1) is 11.3 Å². The number of benzene rings is 11. The standard InChI is InChI=1S/C62H38N2OS/c1-2-20-45-42(15-1)38-57(48-22-4-3-21-47(45)48)64(43-18-13-16-39(35-43)40-31-34-60-53(37-40)51-25-8-12-30-59(51)66-60)56-33-32-46(62-61(56)52-26-7-11-29-58(52)65-62)41-17-14-19-44(36-41)63-54-27-9-5-23-49(54)50-24-6-10-28-55(50)63/h1-38H. The second kappa shape index (κ2) is 14.5. The maximum Gasteiger partial charge on any atom is 0.145 e. The molecule has 0 N–H and O–H groups in total. The predicted molar refractivity (Wildman–Crippen MR) is 282 cm³/mol. The van der Waals surface area contributed by atoms with Crippen LogP contribution in [0.3, 0.4) is 0 Å². The van der Waals surface area contributed by atoms with Crippen LogP contribution >= 0.6 is 11.3 Å². The van der Waals surface area contributed by atoms with E-state index in [0.29, 0.717) is 0 Å². The van der Waals surface area contributed by atoms with E-state index < -0.39 is 0 Å². The van der Waals surface area contributed by atoms with E-state index >= 15 is 0 Å². The Labute approximate surface area is 384 Å². The van der Waals surface area contributed by atoms with Gasteiger partial charge in [0.05, 0.1) is 27.8 Å². The van der Waals surface area contributed by atoms with Crippen molar-refractivity contribution in [2.24, 2.45) is 0 Å². The smallest absolute Gasteiger partial charge is 0.145 e. The Morgan fingerprint density at radius 1 is 0.379 bits per heavy atom. The zero-order valence-corrected chi connectivity index (χ0v) is 36.5. The van der Waals surface area contributed by atoms with E-state index in [2.05, 4.69) is 240 Å². The summed E-state index contributed by atoms with van der Waals surface area (Å²) in [4.78, 5) is 2.47. The summed E-state index contributed by atoms with van der Waals surface area (Å²) in [6, 6.07) is 84.0. The van der Waals surface area contributed by atoms with Crippen LogP contribution in [0.2, 0.25) is 0 Å². The minimum atomic E-state index is 0.855. The monoisotopic (exact) mass is 858 g/mol. The van der Waals surface area contributed by atoms with Crippen molar-refractivity contribution < 1.29 is 4.42 Å². The molecule has 14 aromatic rings. The number of fused-ring (bicyclic) bond motifs is 12. The van der Waals surface area contributed by atoms with Crippen molar-refractivity contribution in [2.75, 3.05) is 4.90 Å². The van der Waals surface area contributed by atoms with E-state index in [4.69, 9.17) is 4.42 Å². The topological polar surface area (TPSA) is 21.3 Å². The van der Waals surface area contributed by atoms with Crippen LogP contribution in [-0.2, 0) is 0 Å². The van der Waals surface area contributed by atoms with Gasteiger partial charge in [0.15, 0.2) is 0 Å². The zero-order valence-electron chi connectivity index (χ0n) is 35.7. The molecular formula is C62H38N2OS. The number of hydrogen-bond donors (Lipinski definition) is 0. The summed E-state index contributed by atoms with van der Waals surface area (Å²) in [5.74, 6) is 0. The summed E-state index contributed by atoms with van der Waals surface area (Å²) >= 11 is 1.85. The molecule has 3 heterocycles. The molecule has 0 saturated carbocycles. The highest BCUT2D eigenvalue weighted by Gasteiger charge is 2.25.